The van der Waals surface area contributed by atoms with Gasteiger partial charge >= 0.3 is 5.97 Å². The molecule has 0 aromatic carbocycles. The maximum atomic E-state index is 11.4. The van der Waals surface area contributed by atoms with Crippen LogP contribution in [0.2, 0.25) is 0 Å². The van der Waals surface area contributed by atoms with Gasteiger partial charge in [0.1, 0.15) is 5.60 Å². The van der Waals surface area contributed by atoms with Crippen LogP contribution in [0.25, 0.3) is 0 Å². The molecule has 0 N–H and O–H groups in total. The molecule has 2 rings (SSSR count). The van der Waals surface area contributed by atoms with Gasteiger partial charge in [-0.1, -0.05) is 0 Å². The van der Waals surface area contributed by atoms with E-state index in [2.05, 4.69) is 0 Å². The van der Waals surface area contributed by atoms with E-state index >= 15 is 0 Å². The second-order valence-corrected chi connectivity index (χ2v) is 3.78. The van der Waals surface area contributed by atoms with Crippen LogP contribution in [0.4, 0.5) is 0 Å². The van der Waals surface area contributed by atoms with Crippen LogP contribution >= 0.6 is 0 Å². The molecule has 4 heteroatoms. The Morgan fingerprint density at radius 2 is 2.36 bits per heavy atom. The summed E-state index contributed by atoms with van der Waals surface area (Å²) in [6.07, 6.45) is 2.37. The van der Waals surface area contributed by atoms with Gasteiger partial charge in [0.05, 0.1) is 6.61 Å². The summed E-state index contributed by atoms with van der Waals surface area (Å²) in [5, 5.41) is 0. The van der Waals surface area contributed by atoms with Gasteiger partial charge in [0, 0.05) is 19.6 Å². The van der Waals surface area contributed by atoms with Crippen LogP contribution in [0.5, 0.6) is 0 Å². The number of carbonyl (C=O) groups excluding carboxylic acids is 1. The first-order chi connectivity index (χ1) is 6.78. The third-order valence-corrected chi connectivity index (χ3v) is 2.83. The van der Waals surface area contributed by atoms with Crippen molar-refractivity contribution < 1.29 is 19.0 Å². The molecule has 0 radical (unpaired) electrons. The van der Waals surface area contributed by atoms with Gasteiger partial charge in [-0.15, -0.1) is 0 Å². The zero-order valence-electron chi connectivity index (χ0n) is 8.45. The molecule has 1 spiro atoms. The first-order valence-electron chi connectivity index (χ1n) is 5.21. The zero-order chi connectivity index (χ0) is 10.0. The average Bonchev–Trinajstić information content (AvgIpc) is 2.92. The van der Waals surface area contributed by atoms with Crippen LogP contribution in [0.3, 0.4) is 0 Å². The lowest BCUT2D eigenvalue weighted by atomic mass is 9.96. The first kappa shape index (κ1) is 9.93. The van der Waals surface area contributed by atoms with Crippen molar-refractivity contribution in [3.63, 3.8) is 0 Å². The van der Waals surface area contributed by atoms with E-state index in [0.717, 1.165) is 25.9 Å². The van der Waals surface area contributed by atoms with Crippen LogP contribution < -0.4 is 0 Å². The van der Waals surface area contributed by atoms with Crippen LogP contribution in [-0.4, -0.2) is 37.5 Å². The van der Waals surface area contributed by atoms with Gasteiger partial charge in [0.25, 0.3) is 0 Å². The summed E-state index contributed by atoms with van der Waals surface area (Å²) in [5.74, 6) is -0.214. The molecular weight excluding hydrogens is 184 g/mol. The normalized spacial score (nSPS) is 36.5. The van der Waals surface area contributed by atoms with E-state index in [9.17, 15) is 4.79 Å². The molecule has 80 valence electrons. The van der Waals surface area contributed by atoms with E-state index < -0.39 is 0 Å². The monoisotopic (exact) mass is 200 g/mol. The minimum Gasteiger partial charge on any atom is -0.464 e. The molecule has 2 aliphatic rings. The molecule has 2 unspecified atom stereocenters. The van der Waals surface area contributed by atoms with Gasteiger partial charge in [0.15, 0.2) is 6.10 Å². The van der Waals surface area contributed by atoms with Crippen LogP contribution in [0.15, 0.2) is 0 Å². The highest BCUT2D eigenvalue weighted by Gasteiger charge is 2.60. The van der Waals surface area contributed by atoms with E-state index in [0.29, 0.717) is 13.2 Å². The average molecular weight is 200 g/mol. The van der Waals surface area contributed by atoms with Crippen molar-refractivity contribution >= 4 is 5.97 Å². The van der Waals surface area contributed by atoms with Gasteiger partial charge in [-0.2, -0.15) is 0 Å². The number of rotatable bonds is 2. The number of ether oxygens (including phenoxy) is 3. The van der Waals surface area contributed by atoms with Crippen molar-refractivity contribution in [1.82, 2.24) is 0 Å². The molecule has 0 aliphatic carbocycles. The Morgan fingerprint density at radius 3 is 3.14 bits per heavy atom. The zero-order valence-corrected chi connectivity index (χ0v) is 8.45. The number of hydrogen-bond donors (Lipinski definition) is 0. The molecule has 0 amide bonds. The van der Waals surface area contributed by atoms with Gasteiger partial charge in [-0.25, -0.2) is 4.79 Å². The fourth-order valence-electron chi connectivity index (χ4n) is 2.01. The highest BCUT2D eigenvalue weighted by atomic mass is 16.7. The predicted octanol–water partition coefficient (Wildman–Crippen LogP) is 0.888. The lowest BCUT2D eigenvalue weighted by Gasteiger charge is -2.06. The largest absolute Gasteiger partial charge is 0.464 e. The maximum absolute atomic E-state index is 11.4. The van der Waals surface area contributed by atoms with Crippen LogP contribution in [0.1, 0.15) is 26.2 Å². The van der Waals surface area contributed by atoms with E-state index in [1.165, 1.54) is 0 Å². The molecule has 0 aromatic heterocycles. The minimum absolute atomic E-state index is 0.214. The highest BCUT2D eigenvalue weighted by Crippen LogP contribution is 2.45. The summed E-state index contributed by atoms with van der Waals surface area (Å²) in [4.78, 5) is 11.4. The molecular formula is C10H16O4. The quantitative estimate of drug-likeness (QED) is 0.490. The summed E-state index contributed by atoms with van der Waals surface area (Å²) >= 11 is 0. The molecule has 2 saturated heterocycles. The summed E-state index contributed by atoms with van der Waals surface area (Å²) < 4.78 is 15.7. The second kappa shape index (κ2) is 3.87. The highest BCUT2D eigenvalue weighted by molar-refractivity contribution is 5.79. The topological polar surface area (TPSA) is 48.1 Å². The van der Waals surface area contributed by atoms with E-state index in [-0.39, 0.29) is 17.7 Å². The van der Waals surface area contributed by atoms with Gasteiger partial charge in [-0.05, 0) is 19.8 Å². The lowest BCUT2D eigenvalue weighted by Crippen LogP contribution is -2.23. The summed E-state index contributed by atoms with van der Waals surface area (Å²) in [6.45, 7) is 3.70. The Hall–Kier alpha value is -0.610. The van der Waals surface area contributed by atoms with Crippen molar-refractivity contribution in [2.45, 2.75) is 37.9 Å². The Morgan fingerprint density at radius 1 is 1.50 bits per heavy atom. The fraction of sp³-hybridized carbons (Fsp3) is 0.900. The summed E-state index contributed by atoms with van der Waals surface area (Å²) in [6, 6.07) is 0. The second-order valence-electron chi connectivity index (χ2n) is 3.78. The molecule has 14 heavy (non-hydrogen) atoms. The van der Waals surface area contributed by atoms with Crippen LogP contribution in [-0.2, 0) is 19.0 Å². The van der Waals surface area contributed by atoms with E-state index in [1.54, 1.807) is 0 Å². The third-order valence-electron chi connectivity index (χ3n) is 2.83. The van der Waals surface area contributed by atoms with E-state index in [4.69, 9.17) is 14.2 Å². The number of carbonyl (C=O) groups is 1. The third kappa shape index (κ3) is 1.77. The predicted molar refractivity (Wildman–Crippen MR) is 48.9 cm³/mol. The smallest absolute Gasteiger partial charge is 0.338 e. The van der Waals surface area contributed by atoms with Crippen molar-refractivity contribution in [3.8, 4) is 0 Å². The molecule has 2 heterocycles. The van der Waals surface area contributed by atoms with Crippen molar-refractivity contribution in [2.24, 2.45) is 0 Å². The van der Waals surface area contributed by atoms with Gasteiger partial charge in [-0.3, -0.25) is 0 Å². The van der Waals surface area contributed by atoms with Crippen LogP contribution in [0, 0.1) is 0 Å². The van der Waals surface area contributed by atoms with Crippen molar-refractivity contribution in [3.05, 3.63) is 0 Å². The number of epoxide rings is 1. The summed E-state index contributed by atoms with van der Waals surface area (Å²) in [5.41, 5.74) is -0.247. The SMILES string of the molecule is CCOC(=O)C1OC12CCCOCC2. The molecule has 2 atom stereocenters. The van der Waals surface area contributed by atoms with Gasteiger partial charge in [0.2, 0.25) is 0 Å². The Balaban J connectivity index is 1.90. The van der Waals surface area contributed by atoms with Gasteiger partial charge < -0.3 is 14.2 Å². The van der Waals surface area contributed by atoms with Crippen molar-refractivity contribution in [2.75, 3.05) is 19.8 Å². The Labute approximate surface area is 83.5 Å². The first-order valence-corrected chi connectivity index (χ1v) is 5.21. The van der Waals surface area contributed by atoms with Crippen molar-refractivity contribution in [1.29, 1.82) is 0 Å². The summed E-state index contributed by atoms with van der Waals surface area (Å²) in [7, 11) is 0. The maximum Gasteiger partial charge on any atom is 0.338 e. The van der Waals surface area contributed by atoms with E-state index in [1.807, 2.05) is 6.92 Å². The number of hydrogen-bond acceptors (Lipinski definition) is 4. The Kier molecular flexibility index (Phi) is 2.74. The molecule has 0 saturated carbocycles. The number of esters is 1. The molecule has 4 nitrogen and oxygen atoms in total. The fourth-order valence-corrected chi connectivity index (χ4v) is 2.01. The lowest BCUT2D eigenvalue weighted by molar-refractivity contribution is -0.144. The standard InChI is InChI=1S/C10H16O4/c1-2-13-9(11)8-10(14-8)4-3-6-12-7-5-10/h8H,2-7H2,1H3. The molecule has 0 aromatic rings. The Bertz CT molecular complexity index is 218. The minimum atomic E-state index is -0.329. The molecule has 2 fully saturated rings. The molecule has 2 aliphatic heterocycles. The molecule has 0 bridgehead atoms.